The molecule has 1 aliphatic carbocycles. The number of carbonyl (C=O) groups excluding carboxylic acids is 1. The molecule has 1 saturated carbocycles. The van der Waals surface area contributed by atoms with Gasteiger partial charge in [0, 0.05) is 6.54 Å². The first-order chi connectivity index (χ1) is 9.03. The highest BCUT2D eigenvalue weighted by atomic mass is 16.3. The van der Waals surface area contributed by atoms with Gasteiger partial charge in [0.25, 0.3) is 5.91 Å². The lowest BCUT2D eigenvalue weighted by molar-refractivity contribution is 0.0384. The van der Waals surface area contributed by atoms with Crippen molar-refractivity contribution in [3.05, 3.63) is 23.3 Å². The Hall–Kier alpha value is -1.49. The van der Waals surface area contributed by atoms with E-state index in [2.05, 4.69) is 9.97 Å². The molecule has 1 amide bonds. The molecular formula is C14H19N3O2. The van der Waals surface area contributed by atoms with Gasteiger partial charge < -0.3 is 10.0 Å². The lowest BCUT2D eigenvalue weighted by Gasteiger charge is -2.29. The van der Waals surface area contributed by atoms with Gasteiger partial charge in [-0.3, -0.25) is 4.79 Å². The van der Waals surface area contributed by atoms with Crippen molar-refractivity contribution in [2.75, 3.05) is 6.54 Å². The molecular weight excluding hydrogens is 242 g/mol. The van der Waals surface area contributed by atoms with Crippen molar-refractivity contribution in [2.45, 2.75) is 51.2 Å². The summed E-state index contributed by atoms with van der Waals surface area (Å²) in [5.41, 5.74) is 1.39. The SMILES string of the molecule is Cc1ncnc(C)c1C(=O)N1CCCC1C1(O)CC1. The number of aryl methyl sites for hydroxylation is 2. The van der Waals surface area contributed by atoms with Crippen molar-refractivity contribution in [1.29, 1.82) is 0 Å². The van der Waals surface area contributed by atoms with Gasteiger partial charge in [0.1, 0.15) is 6.33 Å². The lowest BCUT2D eigenvalue weighted by atomic mass is 10.1. The van der Waals surface area contributed by atoms with E-state index >= 15 is 0 Å². The monoisotopic (exact) mass is 261 g/mol. The van der Waals surface area contributed by atoms with E-state index in [1.807, 2.05) is 18.7 Å². The van der Waals surface area contributed by atoms with E-state index < -0.39 is 5.60 Å². The van der Waals surface area contributed by atoms with Crippen LogP contribution in [0, 0.1) is 13.8 Å². The smallest absolute Gasteiger partial charge is 0.257 e. The summed E-state index contributed by atoms with van der Waals surface area (Å²) in [6, 6.07) is -0.0287. The highest BCUT2D eigenvalue weighted by Gasteiger charge is 2.52. The first kappa shape index (κ1) is 12.5. The Bertz CT molecular complexity index is 505. The molecule has 0 bridgehead atoms. The van der Waals surface area contributed by atoms with E-state index in [1.165, 1.54) is 6.33 Å². The van der Waals surface area contributed by atoms with Crippen LogP contribution in [0.25, 0.3) is 0 Å². The number of aliphatic hydroxyl groups is 1. The lowest BCUT2D eigenvalue weighted by Crippen LogP contribution is -2.44. The number of rotatable bonds is 2. The summed E-state index contributed by atoms with van der Waals surface area (Å²) < 4.78 is 0. The second-order valence-corrected chi connectivity index (χ2v) is 5.68. The second kappa shape index (κ2) is 4.27. The topological polar surface area (TPSA) is 66.3 Å². The maximum Gasteiger partial charge on any atom is 0.257 e. The van der Waals surface area contributed by atoms with Crippen LogP contribution in [0.2, 0.25) is 0 Å². The normalized spacial score (nSPS) is 24.6. The number of amides is 1. The molecule has 0 aromatic carbocycles. The fraction of sp³-hybridized carbons (Fsp3) is 0.643. The summed E-state index contributed by atoms with van der Waals surface area (Å²) >= 11 is 0. The van der Waals surface area contributed by atoms with Crippen LogP contribution in [0.3, 0.4) is 0 Å². The van der Waals surface area contributed by atoms with E-state index in [0.717, 1.165) is 32.2 Å². The van der Waals surface area contributed by atoms with E-state index in [1.54, 1.807) is 0 Å². The second-order valence-electron chi connectivity index (χ2n) is 5.68. The average molecular weight is 261 g/mol. The van der Waals surface area contributed by atoms with Crippen LogP contribution in [0.1, 0.15) is 47.4 Å². The molecule has 3 rings (SSSR count). The first-order valence-corrected chi connectivity index (χ1v) is 6.84. The van der Waals surface area contributed by atoms with Crippen molar-refractivity contribution < 1.29 is 9.90 Å². The highest BCUT2D eigenvalue weighted by Crippen LogP contribution is 2.45. The molecule has 1 unspecified atom stereocenters. The van der Waals surface area contributed by atoms with Gasteiger partial charge in [-0.1, -0.05) is 0 Å². The standard InChI is InChI=1S/C14H19N3O2/c1-9-12(10(2)16-8-15-9)13(18)17-7-3-4-11(17)14(19)5-6-14/h8,11,19H,3-7H2,1-2H3. The van der Waals surface area contributed by atoms with Crippen LogP contribution >= 0.6 is 0 Å². The van der Waals surface area contributed by atoms with Crippen molar-refractivity contribution in [2.24, 2.45) is 0 Å². The molecule has 2 heterocycles. The quantitative estimate of drug-likeness (QED) is 0.869. The third-order valence-corrected chi connectivity index (χ3v) is 4.34. The third-order valence-electron chi connectivity index (χ3n) is 4.34. The van der Waals surface area contributed by atoms with Crippen LogP contribution in [0.15, 0.2) is 6.33 Å². The molecule has 2 aliphatic rings. The Morgan fingerprint density at radius 1 is 1.37 bits per heavy atom. The van der Waals surface area contributed by atoms with Crippen LogP contribution in [-0.2, 0) is 0 Å². The summed E-state index contributed by atoms with van der Waals surface area (Å²) in [5.74, 6) is -0.0292. The van der Waals surface area contributed by atoms with Crippen molar-refractivity contribution in [3.8, 4) is 0 Å². The zero-order valence-corrected chi connectivity index (χ0v) is 11.4. The van der Waals surface area contributed by atoms with Crippen LogP contribution in [0.5, 0.6) is 0 Å². The number of nitrogens with zero attached hydrogens (tertiary/aromatic N) is 3. The van der Waals surface area contributed by atoms with E-state index in [0.29, 0.717) is 17.0 Å². The molecule has 1 N–H and O–H groups in total. The van der Waals surface area contributed by atoms with Gasteiger partial charge in [0.2, 0.25) is 0 Å². The molecule has 102 valence electrons. The molecule has 5 heteroatoms. The van der Waals surface area contributed by atoms with Gasteiger partial charge in [-0.05, 0) is 39.5 Å². The Morgan fingerprint density at radius 3 is 2.58 bits per heavy atom. The van der Waals surface area contributed by atoms with E-state index in [4.69, 9.17) is 0 Å². The Balaban J connectivity index is 1.91. The number of hydrogen-bond acceptors (Lipinski definition) is 4. The summed E-state index contributed by atoms with van der Waals surface area (Å²) in [7, 11) is 0. The number of carbonyl (C=O) groups is 1. The predicted octanol–water partition coefficient (Wildman–Crippen LogP) is 1.22. The van der Waals surface area contributed by atoms with Gasteiger partial charge in [-0.2, -0.15) is 0 Å². The van der Waals surface area contributed by atoms with Gasteiger partial charge in [0.05, 0.1) is 28.6 Å². The molecule has 19 heavy (non-hydrogen) atoms. The largest absolute Gasteiger partial charge is 0.388 e. The average Bonchev–Trinajstić information content (AvgIpc) is 2.93. The van der Waals surface area contributed by atoms with Crippen LogP contribution in [0.4, 0.5) is 0 Å². The number of aromatic nitrogens is 2. The van der Waals surface area contributed by atoms with Crippen LogP contribution in [-0.4, -0.2) is 44.1 Å². The fourth-order valence-electron chi connectivity index (χ4n) is 3.08. The molecule has 1 aliphatic heterocycles. The van der Waals surface area contributed by atoms with E-state index in [-0.39, 0.29) is 11.9 Å². The minimum Gasteiger partial charge on any atom is -0.388 e. The maximum absolute atomic E-state index is 12.7. The number of likely N-dealkylation sites (tertiary alicyclic amines) is 1. The minimum absolute atomic E-state index is 0.0287. The minimum atomic E-state index is -0.635. The third kappa shape index (κ3) is 2.02. The molecule has 2 fully saturated rings. The van der Waals surface area contributed by atoms with Crippen molar-refractivity contribution >= 4 is 5.91 Å². The Labute approximate surface area is 112 Å². The summed E-state index contributed by atoms with van der Waals surface area (Å²) in [6.45, 7) is 4.39. The summed E-state index contributed by atoms with van der Waals surface area (Å²) in [6.07, 6.45) is 4.96. The van der Waals surface area contributed by atoms with Crippen molar-refractivity contribution in [1.82, 2.24) is 14.9 Å². The molecule has 1 saturated heterocycles. The van der Waals surface area contributed by atoms with Gasteiger partial charge in [-0.25, -0.2) is 9.97 Å². The first-order valence-electron chi connectivity index (χ1n) is 6.84. The Kier molecular flexibility index (Phi) is 2.82. The molecule has 0 radical (unpaired) electrons. The fourth-order valence-corrected chi connectivity index (χ4v) is 3.08. The zero-order valence-electron chi connectivity index (χ0n) is 11.4. The van der Waals surface area contributed by atoms with Crippen molar-refractivity contribution in [3.63, 3.8) is 0 Å². The molecule has 1 aromatic rings. The van der Waals surface area contributed by atoms with E-state index in [9.17, 15) is 9.90 Å². The summed E-state index contributed by atoms with van der Waals surface area (Å²) in [4.78, 5) is 22.8. The molecule has 1 aromatic heterocycles. The molecule has 1 atom stereocenters. The van der Waals surface area contributed by atoms with Crippen LogP contribution < -0.4 is 0 Å². The molecule has 0 spiro atoms. The van der Waals surface area contributed by atoms with Gasteiger partial charge >= 0.3 is 0 Å². The Morgan fingerprint density at radius 2 is 2.00 bits per heavy atom. The highest BCUT2D eigenvalue weighted by molar-refractivity contribution is 5.96. The van der Waals surface area contributed by atoms with Gasteiger partial charge in [0.15, 0.2) is 0 Å². The van der Waals surface area contributed by atoms with Gasteiger partial charge in [-0.15, -0.1) is 0 Å². The molecule has 5 nitrogen and oxygen atoms in total. The zero-order chi connectivity index (χ0) is 13.6. The maximum atomic E-state index is 12.7. The predicted molar refractivity (Wildman–Crippen MR) is 69.7 cm³/mol. The number of hydrogen-bond donors (Lipinski definition) is 1. The summed E-state index contributed by atoms with van der Waals surface area (Å²) in [5, 5.41) is 10.3.